The van der Waals surface area contributed by atoms with Gasteiger partial charge in [-0.05, 0) is 37.1 Å². The third-order valence-electron chi connectivity index (χ3n) is 4.03. The summed E-state index contributed by atoms with van der Waals surface area (Å²) in [6.07, 6.45) is 5.72. The standard InChI is InChI=1S/C15H23N3OS/c1-3-11-6-5-9-18(10-11)12-7-4-8-13(20-2)14(12)15(16)17-19/h4,7-8,11,19H,3,5-6,9-10H2,1-2H3,(H2,16,17). The molecule has 1 aliphatic heterocycles. The third kappa shape index (κ3) is 3.03. The smallest absolute Gasteiger partial charge is 0.173 e. The van der Waals surface area contributed by atoms with E-state index in [9.17, 15) is 0 Å². The Morgan fingerprint density at radius 2 is 2.35 bits per heavy atom. The van der Waals surface area contributed by atoms with Crippen LogP contribution in [-0.2, 0) is 0 Å². The Morgan fingerprint density at radius 1 is 1.55 bits per heavy atom. The summed E-state index contributed by atoms with van der Waals surface area (Å²) in [4.78, 5) is 3.43. The molecule has 20 heavy (non-hydrogen) atoms. The first-order valence-corrected chi connectivity index (χ1v) is 8.33. The maximum atomic E-state index is 9.06. The van der Waals surface area contributed by atoms with E-state index in [1.807, 2.05) is 18.4 Å². The number of nitrogens with zero attached hydrogens (tertiary/aromatic N) is 2. The van der Waals surface area contributed by atoms with Crippen LogP contribution >= 0.6 is 11.8 Å². The average Bonchev–Trinajstić information content (AvgIpc) is 2.53. The number of piperidine rings is 1. The fourth-order valence-corrected chi connectivity index (χ4v) is 3.51. The summed E-state index contributed by atoms with van der Waals surface area (Å²) >= 11 is 1.63. The third-order valence-corrected chi connectivity index (χ3v) is 4.81. The lowest BCUT2D eigenvalue weighted by Gasteiger charge is -2.35. The van der Waals surface area contributed by atoms with Crippen molar-refractivity contribution in [1.29, 1.82) is 0 Å². The summed E-state index contributed by atoms with van der Waals surface area (Å²) in [5.41, 5.74) is 7.85. The first kappa shape index (κ1) is 15.0. The van der Waals surface area contributed by atoms with Crippen LogP contribution in [0.2, 0.25) is 0 Å². The van der Waals surface area contributed by atoms with Gasteiger partial charge in [-0.2, -0.15) is 0 Å². The monoisotopic (exact) mass is 293 g/mol. The first-order valence-electron chi connectivity index (χ1n) is 7.11. The van der Waals surface area contributed by atoms with Crippen LogP contribution in [0.3, 0.4) is 0 Å². The number of amidine groups is 1. The molecule has 110 valence electrons. The van der Waals surface area contributed by atoms with Crippen LogP contribution < -0.4 is 10.6 Å². The molecule has 2 rings (SSSR count). The first-order chi connectivity index (χ1) is 9.71. The van der Waals surface area contributed by atoms with Gasteiger partial charge < -0.3 is 15.8 Å². The highest BCUT2D eigenvalue weighted by Crippen LogP contribution is 2.32. The lowest BCUT2D eigenvalue weighted by atomic mass is 9.94. The van der Waals surface area contributed by atoms with Crippen molar-refractivity contribution in [3.63, 3.8) is 0 Å². The van der Waals surface area contributed by atoms with Crippen molar-refractivity contribution in [2.75, 3.05) is 24.2 Å². The van der Waals surface area contributed by atoms with E-state index in [1.54, 1.807) is 11.8 Å². The van der Waals surface area contributed by atoms with E-state index in [2.05, 4.69) is 23.0 Å². The molecule has 0 radical (unpaired) electrons. The molecule has 3 N–H and O–H groups in total. The van der Waals surface area contributed by atoms with E-state index >= 15 is 0 Å². The summed E-state index contributed by atoms with van der Waals surface area (Å²) in [5.74, 6) is 0.936. The second kappa shape index (κ2) is 6.88. The van der Waals surface area contributed by atoms with E-state index in [1.165, 1.54) is 19.3 Å². The second-order valence-corrected chi connectivity index (χ2v) is 6.05. The second-order valence-electron chi connectivity index (χ2n) is 5.20. The lowest BCUT2D eigenvalue weighted by Crippen LogP contribution is -2.36. The van der Waals surface area contributed by atoms with Gasteiger partial charge >= 0.3 is 0 Å². The van der Waals surface area contributed by atoms with E-state index in [4.69, 9.17) is 10.9 Å². The molecule has 0 bridgehead atoms. The lowest BCUT2D eigenvalue weighted by molar-refractivity contribution is 0.318. The van der Waals surface area contributed by atoms with Crippen molar-refractivity contribution in [2.45, 2.75) is 31.1 Å². The van der Waals surface area contributed by atoms with Crippen molar-refractivity contribution in [3.05, 3.63) is 23.8 Å². The molecular weight excluding hydrogens is 270 g/mol. The van der Waals surface area contributed by atoms with Crippen LogP contribution in [0.15, 0.2) is 28.3 Å². The number of thioether (sulfide) groups is 1. The maximum Gasteiger partial charge on any atom is 0.173 e. The van der Waals surface area contributed by atoms with Gasteiger partial charge in [0.15, 0.2) is 5.84 Å². The molecule has 4 nitrogen and oxygen atoms in total. The summed E-state index contributed by atoms with van der Waals surface area (Å²) in [6.45, 7) is 4.34. The number of hydrogen-bond acceptors (Lipinski definition) is 4. The number of nitrogens with two attached hydrogens (primary N) is 1. The Kier molecular flexibility index (Phi) is 5.17. The quantitative estimate of drug-likeness (QED) is 0.294. The molecule has 0 amide bonds. The molecule has 0 spiro atoms. The molecular formula is C15H23N3OS. The molecule has 1 aromatic rings. The molecule has 1 unspecified atom stereocenters. The van der Waals surface area contributed by atoms with Gasteiger partial charge in [0.05, 0.1) is 5.56 Å². The van der Waals surface area contributed by atoms with Crippen LogP contribution in [0.25, 0.3) is 0 Å². The number of benzene rings is 1. The fraction of sp³-hybridized carbons (Fsp3) is 0.533. The average molecular weight is 293 g/mol. The highest BCUT2D eigenvalue weighted by atomic mass is 32.2. The van der Waals surface area contributed by atoms with Crippen LogP contribution in [-0.4, -0.2) is 30.4 Å². The fourth-order valence-electron chi connectivity index (χ4n) is 2.88. The molecule has 1 heterocycles. The maximum absolute atomic E-state index is 9.06. The van der Waals surface area contributed by atoms with Gasteiger partial charge in [0.25, 0.3) is 0 Å². The van der Waals surface area contributed by atoms with Gasteiger partial charge in [0, 0.05) is 23.7 Å². The van der Waals surface area contributed by atoms with Crippen molar-refractivity contribution < 1.29 is 5.21 Å². The van der Waals surface area contributed by atoms with Gasteiger partial charge in [0.2, 0.25) is 0 Å². The SMILES string of the molecule is CCC1CCCN(c2cccc(SC)c2/C(N)=N/O)C1. The van der Waals surface area contributed by atoms with E-state index in [0.717, 1.165) is 35.2 Å². The topological polar surface area (TPSA) is 61.8 Å². The molecule has 0 aromatic heterocycles. The Bertz CT molecular complexity index is 490. The Hall–Kier alpha value is -1.36. The molecule has 1 saturated heterocycles. The summed E-state index contributed by atoms with van der Waals surface area (Å²) in [6, 6.07) is 6.14. The van der Waals surface area contributed by atoms with Gasteiger partial charge in [-0.3, -0.25) is 0 Å². The number of hydrogen-bond donors (Lipinski definition) is 2. The van der Waals surface area contributed by atoms with Crippen LogP contribution in [0.5, 0.6) is 0 Å². The molecule has 0 saturated carbocycles. The van der Waals surface area contributed by atoms with E-state index in [0.29, 0.717) is 0 Å². The highest BCUT2D eigenvalue weighted by Gasteiger charge is 2.23. The molecule has 1 aliphatic rings. The summed E-state index contributed by atoms with van der Waals surface area (Å²) in [7, 11) is 0. The number of anilines is 1. The Labute approximate surface area is 125 Å². The number of rotatable bonds is 4. The molecule has 5 heteroatoms. The highest BCUT2D eigenvalue weighted by molar-refractivity contribution is 7.98. The molecule has 1 aromatic carbocycles. The summed E-state index contributed by atoms with van der Waals surface area (Å²) in [5, 5.41) is 12.3. The Morgan fingerprint density at radius 3 is 3.00 bits per heavy atom. The number of oxime groups is 1. The van der Waals surface area contributed by atoms with Crippen LogP contribution in [0, 0.1) is 5.92 Å². The Balaban J connectivity index is 2.40. The molecule has 1 atom stereocenters. The van der Waals surface area contributed by atoms with Crippen LogP contribution in [0.1, 0.15) is 31.7 Å². The minimum Gasteiger partial charge on any atom is -0.409 e. The zero-order valence-electron chi connectivity index (χ0n) is 12.2. The minimum absolute atomic E-state index is 0.198. The minimum atomic E-state index is 0.198. The molecule has 0 aliphatic carbocycles. The molecule has 1 fully saturated rings. The summed E-state index contributed by atoms with van der Waals surface area (Å²) < 4.78 is 0. The van der Waals surface area contributed by atoms with Crippen LogP contribution in [0.4, 0.5) is 5.69 Å². The zero-order valence-corrected chi connectivity index (χ0v) is 13.0. The van der Waals surface area contributed by atoms with Crippen molar-refractivity contribution in [1.82, 2.24) is 0 Å². The largest absolute Gasteiger partial charge is 0.409 e. The van der Waals surface area contributed by atoms with Gasteiger partial charge in [-0.15, -0.1) is 11.8 Å². The van der Waals surface area contributed by atoms with Crippen molar-refractivity contribution in [2.24, 2.45) is 16.8 Å². The van der Waals surface area contributed by atoms with E-state index in [-0.39, 0.29) is 5.84 Å². The predicted molar refractivity (Wildman–Crippen MR) is 86.0 cm³/mol. The van der Waals surface area contributed by atoms with Gasteiger partial charge in [-0.25, -0.2) is 0 Å². The van der Waals surface area contributed by atoms with Gasteiger partial charge in [0.1, 0.15) is 0 Å². The van der Waals surface area contributed by atoms with Crippen molar-refractivity contribution >= 4 is 23.3 Å². The van der Waals surface area contributed by atoms with E-state index < -0.39 is 0 Å². The normalized spacial score (nSPS) is 20.2. The predicted octanol–water partition coefficient (Wildman–Crippen LogP) is 3.13. The zero-order chi connectivity index (χ0) is 14.5. The van der Waals surface area contributed by atoms with Crippen molar-refractivity contribution in [3.8, 4) is 0 Å². The van der Waals surface area contributed by atoms with Gasteiger partial charge in [-0.1, -0.05) is 24.6 Å².